The van der Waals surface area contributed by atoms with Crippen molar-refractivity contribution in [2.24, 2.45) is 0 Å². The molecule has 158 valence electrons. The summed E-state index contributed by atoms with van der Waals surface area (Å²) in [6.45, 7) is 4.59. The number of carbonyl (C=O) groups is 1. The SMILES string of the molecule is CCn1c(SCC(=O)NC2CCCCC2)nnc1C(C)Oc1ccc(Cl)cc1Cl. The minimum Gasteiger partial charge on any atom is -0.481 e. The second-order valence-electron chi connectivity index (χ2n) is 7.11. The Morgan fingerprint density at radius 2 is 2.07 bits per heavy atom. The van der Waals surface area contributed by atoms with Gasteiger partial charge in [-0.3, -0.25) is 4.79 Å². The molecule has 1 unspecified atom stereocenters. The van der Waals surface area contributed by atoms with E-state index in [9.17, 15) is 4.79 Å². The summed E-state index contributed by atoms with van der Waals surface area (Å²) < 4.78 is 7.93. The van der Waals surface area contributed by atoms with Gasteiger partial charge < -0.3 is 14.6 Å². The number of hydrogen-bond donors (Lipinski definition) is 1. The van der Waals surface area contributed by atoms with Gasteiger partial charge in [0, 0.05) is 17.6 Å². The molecule has 9 heteroatoms. The number of hydrogen-bond acceptors (Lipinski definition) is 5. The molecular formula is C20H26Cl2N4O2S. The van der Waals surface area contributed by atoms with E-state index in [4.69, 9.17) is 27.9 Å². The molecule has 1 N–H and O–H groups in total. The zero-order chi connectivity index (χ0) is 20.8. The normalized spacial score (nSPS) is 15.9. The van der Waals surface area contributed by atoms with Crippen LogP contribution in [0.4, 0.5) is 0 Å². The maximum absolute atomic E-state index is 12.3. The van der Waals surface area contributed by atoms with Crippen LogP contribution in [0.15, 0.2) is 23.4 Å². The first-order chi connectivity index (χ1) is 14.0. The quantitative estimate of drug-likeness (QED) is 0.546. The van der Waals surface area contributed by atoms with E-state index in [1.54, 1.807) is 18.2 Å². The number of thioether (sulfide) groups is 1. The summed E-state index contributed by atoms with van der Waals surface area (Å²) in [5.41, 5.74) is 0. The lowest BCUT2D eigenvalue weighted by molar-refractivity contribution is -0.119. The first-order valence-corrected chi connectivity index (χ1v) is 11.7. The number of nitrogens with zero attached hydrogens (tertiary/aromatic N) is 3. The molecule has 3 rings (SSSR count). The van der Waals surface area contributed by atoms with Crippen LogP contribution in [0.2, 0.25) is 10.0 Å². The number of halogens is 2. The lowest BCUT2D eigenvalue weighted by Crippen LogP contribution is -2.37. The van der Waals surface area contributed by atoms with Crippen molar-refractivity contribution in [3.8, 4) is 5.75 Å². The summed E-state index contributed by atoms with van der Waals surface area (Å²) in [6, 6.07) is 5.42. The molecular weight excluding hydrogens is 431 g/mol. The molecule has 0 radical (unpaired) electrons. The van der Waals surface area contributed by atoms with Crippen molar-refractivity contribution >= 4 is 40.9 Å². The summed E-state index contributed by atoms with van der Waals surface area (Å²) in [5.74, 6) is 1.60. The molecule has 1 saturated carbocycles. The lowest BCUT2D eigenvalue weighted by Gasteiger charge is -2.22. The van der Waals surface area contributed by atoms with Crippen molar-refractivity contribution < 1.29 is 9.53 Å². The van der Waals surface area contributed by atoms with Crippen molar-refractivity contribution in [3.05, 3.63) is 34.1 Å². The molecule has 1 amide bonds. The van der Waals surface area contributed by atoms with Crippen molar-refractivity contribution in [1.29, 1.82) is 0 Å². The average Bonchev–Trinajstić information content (AvgIpc) is 3.12. The molecule has 0 bridgehead atoms. The molecule has 1 heterocycles. The fourth-order valence-electron chi connectivity index (χ4n) is 3.47. The fraction of sp³-hybridized carbons (Fsp3) is 0.550. The standard InChI is InChI=1S/C20H26Cl2N4O2S/c1-3-26-19(13(2)28-17-10-9-14(21)11-16(17)22)24-25-20(26)29-12-18(27)23-15-7-5-4-6-8-15/h9-11,13,15H,3-8,12H2,1-2H3,(H,23,27). The third-order valence-electron chi connectivity index (χ3n) is 4.93. The topological polar surface area (TPSA) is 69.0 Å². The Hall–Kier alpha value is -1.44. The summed E-state index contributed by atoms with van der Waals surface area (Å²) >= 11 is 13.5. The first-order valence-electron chi connectivity index (χ1n) is 9.95. The molecule has 29 heavy (non-hydrogen) atoms. The number of benzene rings is 1. The third kappa shape index (κ3) is 6.03. The van der Waals surface area contributed by atoms with Crippen LogP contribution >= 0.6 is 35.0 Å². The van der Waals surface area contributed by atoms with Gasteiger partial charge in [0.2, 0.25) is 5.91 Å². The van der Waals surface area contributed by atoms with Crippen LogP contribution in [0, 0.1) is 0 Å². The Balaban J connectivity index is 1.60. The van der Waals surface area contributed by atoms with Gasteiger partial charge in [-0.15, -0.1) is 10.2 Å². The molecule has 0 spiro atoms. The van der Waals surface area contributed by atoms with E-state index in [0.29, 0.717) is 45.1 Å². The van der Waals surface area contributed by atoms with Crippen LogP contribution in [0.1, 0.15) is 57.9 Å². The number of ether oxygens (including phenoxy) is 1. The molecule has 6 nitrogen and oxygen atoms in total. The molecule has 0 saturated heterocycles. The van der Waals surface area contributed by atoms with E-state index in [1.807, 2.05) is 18.4 Å². The van der Waals surface area contributed by atoms with E-state index >= 15 is 0 Å². The van der Waals surface area contributed by atoms with Crippen molar-refractivity contribution in [2.75, 3.05) is 5.75 Å². The van der Waals surface area contributed by atoms with Crippen LogP contribution in [0.25, 0.3) is 0 Å². The van der Waals surface area contributed by atoms with Crippen LogP contribution in [0.3, 0.4) is 0 Å². The van der Waals surface area contributed by atoms with E-state index in [1.165, 1.54) is 31.0 Å². The number of amides is 1. The monoisotopic (exact) mass is 456 g/mol. The highest BCUT2D eigenvalue weighted by molar-refractivity contribution is 7.99. The first kappa shape index (κ1) is 22.2. The van der Waals surface area contributed by atoms with Gasteiger partial charge in [0.1, 0.15) is 5.75 Å². The lowest BCUT2D eigenvalue weighted by atomic mass is 9.95. The van der Waals surface area contributed by atoms with E-state index < -0.39 is 0 Å². The fourth-order valence-corrected chi connectivity index (χ4v) is 4.74. The number of nitrogens with one attached hydrogen (secondary N) is 1. The van der Waals surface area contributed by atoms with Gasteiger partial charge in [-0.05, 0) is 44.9 Å². The van der Waals surface area contributed by atoms with E-state index in [-0.39, 0.29) is 12.0 Å². The zero-order valence-electron chi connectivity index (χ0n) is 16.7. The molecule has 1 fully saturated rings. The van der Waals surface area contributed by atoms with Crippen LogP contribution in [-0.4, -0.2) is 32.5 Å². The van der Waals surface area contributed by atoms with Crippen molar-refractivity contribution in [1.82, 2.24) is 20.1 Å². The number of aromatic nitrogens is 3. The summed E-state index contributed by atoms with van der Waals surface area (Å²) in [7, 11) is 0. The van der Waals surface area contributed by atoms with Gasteiger partial charge in [0.05, 0.1) is 10.8 Å². The number of carbonyl (C=O) groups excluding carboxylic acids is 1. The molecule has 1 aliphatic carbocycles. The molecule has 2 aromatic rings. The van der Waals surface area contributed by atoms with Crippen molar-refractivity contribution in [2.45, 2.75) is 69.8 Å². The highest BCUT2D eigenvalue weighted by Gasteiger charge is 2.21. The van der Waals surface area contributed by atoms with Crippen molar-refractivity contribution in [3.63, 3.8) is 0 Å². The average molecular weight is 457 g/mol. The Bertz CT molecular complexity index is 840. The predicted octanol–water partition coefficient (Wildman–Crippen LogP) is 5.29. The van der Waals surface area contributed by atoms with E-state index in [2.05, 4.69) is 15.5 Å². The zero-order valence-corrected chi connectivity index (χ0v) is 19.0. The minimum absolute atomic E-state index is 0.0475. The molecule has 1 aliphatic rings. The highest BCUT2D eigenvalue weighted by Crippen LogP contribution is 2.31. The predicted molar refractivity (Wildman–Crippen MR) is 117 cm³/mol. The van der Waals surface area contributed by atoms with Crippen LogP contribution in [0.5, 0.6) is 5.75 Å². The van der Waals surface area contributed by atoms with Gasteiger partial charge in [0.25, 0.3) is 0 Å². The second kappa shape index (κ2) is 10.5. The highest BCUT2D eigenvalue weighted by atomic mass is 35.5. The van der Waals surface area contributed by atoms with Gasteiger partial charge >= 0.3 is 0 Å². The van der Waals surface area contributed by atoms with Gasteiger partial charge in [-0.25, -0.2) is 0 Å². The summed E-state index contributed by atoms with van der Waals surface area (Å²) in [6.07, 6.45) is 5.46. The smallest absolute Gasteiger partial charge is 0.230 e. The molecule has 1 atom stereocenters. The molecule has 1 aromatic carbocycles. The minimum atomic E-state index is -0.355. The Kier molecular flexibility index (Phi) is 8.09. The van der Waals surface area contributed by atoms with Gasteiger partial charge in [-0.2, -0.15) is 0 Å². The second-order valence-corrected chi connectivity index (χ2v) is 8.90. The largest absolute Gasteiger partial charge is 0.481 e. The van der Waals surface area contributed by atoms with Crippen LogP contribution in [-0.2, 0) is 11.3 Å². The summed E-state index contributed by atoms with van der Waals surface area (Å²) in [5, 5.41) is 13.4. The van der Waals surface area contributed by atoms with Gasteiger partial charge in [0.15, 0.2) is 17.1 Å². The van der Waals surface area contributed by atoms with Crippen LogP contribution < -0.4 is 10.1 Å². The number of rotatable bonds is 8. The van der Waals surface area contributed by atoms with Gasteiger partial charge in [-0.1, -0.05) is 54.2 Å². The van der Waals surface area contributed by atoms with E-state index in [0.717, 1.165) is 12.8 Å². The molecule has 0 aliphatic heterocycles. The maximum atomic E-state index is 12.3. The maximum Gasteiger partial charge on any atom is 0.230 e. The third-order valence-corrected chi connectivity index (χ3v) is 6.42. The summed E-state index contributed by atoms with van der Waals surface area (Å²) in [4.78, 5) is 12.3. The Labute approximate surface area is 185 Å². The molecule has 1 aromatic heterocycles. The Morgan fingerprint density at radius 3 is 2.76 bits per heavy atom. The Morgan fingerprint density at radius 1 is 1.31 bits per heavy atom.